The van der Waals surface area contributed by atoms with Crippen molar-refractivity contribution < 1.29 is 13.6 Å². The monoisotopic (exact) mass is 365 g/mol. The first-order valence-corrected chi connectivity index (χ1v) is 7.85. The molecule has 0 aliphatic carbocycles. The first-order valence-electron chi connectivity index (χ1n) is 7.85. The lowest BCUT2D eigenvalue weighted by Crippen LogP contribution is -2.16. The van der Waals surface area contributed by atoms with Crippen molar-refractivity contribution in [2.75, 3.05) is 10.6 Å². The number of hydrogen-bond donors (Lipinski definition) is 2. The number of rotatable bonds is 4. The van der Waals surface area contributed by atoms with Gasteiger partial charge in [-0.15, -0.1) is 0 Å². The van der Waals surface area contributed by atoms with Crippen LogP contribution in [0.4, 0.5) is 26.1 Å². The van der Waals surface area contributed by atoms with E-state index in [1.54, 1.807) is 31.2 Å². The van der Waals surface area contributed by atoms with Crippen molar-refractivity contribution in [3.8, 4) is 6.07 Å². The summed E-state index contributed by atoms with van der Waals surface area (Å²) in [5, 5.41) is 14.1. The second-order valence-corrected chi connectivity index (χ2v) is 5.55. The number of amides is 1. The quantitative estimate of drug-likeness (QED) is 0.731. The Hall–Kier alpha value is -3.86. The molecule has 0 saturated heterocycles. The summed E-state index contributed by atoms with van der Waals surface area (Å²) < 4.78 is 27.6. The molecule has 6 nitrogen and oxygen atoms in total. The SMILES string of the molecule is Cc1cc(C(=O)Nc2ccccc2C#N)nc(Nc2c(F)cccc2F)n1. The number of anilines is 3. The van der Waals surface area contributed by atoms with E-state index in [-0.39, 0.29) is 11.6 Å². The Morgan fingerprint density at radius 2 is 1.78 bits per heavy atom. The van der Waals surface area contributed by atoms with E-state index >= 15 is 0 Å². The van der Waals surface area contributed by atoms with Crippen molar-refractivity contribution in [1.82, 2.24) is 9.97 Å². The molecule has 8 heteroatoms. The molecule has 1 amide bonds. The van der Waals surface area contributed by atoms with Gasteiger partial charge in [-0.25, -0.2) is 18.7 Å². The third-order valence-electron chi connectivity index (χ3n) is 3.58. The van der Waals surface area contributed by atoms with Crippen molar-refractivity contribution in [3.05, 3.63) is 77.1 Å². The number of carbonyl (C=O) groups excluding carboxylic acids is 1. The number of aryl methyl sites for hydroxylation is 1. The molecule has 0 atom stereocenters. The molecule has 3 aromatic rings. The van der Waals surface area contributed by atoms with Crippen molar-refractivity contribution >= 4 is 23.2 Å². The summed E-state index contributed by atoms with van der Waals surface area (Å²) in [6.45, 7) is 1.62. The first-order chi connectivity index (χ1) is 13.0. The fourth-order valence-electron chi connectivity index (χ4n) is 2.35. The van der Waals surface area contributed by atoms with E-state index in [1.807, 2.05) is 6.07 Å². The summed E-state index contributed by atoms with van der Waals surface area (Å²) in [5.41, 5.74) is 0.612. The largest absolute Gasteiger partial charge is 0.319 e. The maximum absolute atomic E-state index is 13.8. The molecule has 0 aliphatic heterocycles. The van der Waals surface area contributed by atoms with Crippen LogP contribution in [0.3, 0.4) is 0 Å². The molecule has 0 bridgehead atoms. The van der Waals surface area contributed by atoms with Crippen LogP contribution in [0.25, 0.3) is 0 Å². The normalized spacial score (nSPS) is 10.1. The molecule has 0 unspecified atom stereocenters. The third-order valence-corrected chi connectivity index (χ3v) is 3.58. The van der Waals surface area contributed by atoms with E-state index in [4.69, 9.17) is 5.26 Å². The summed E-state index contributed by atoms with van der Waals surface area (Å²) in [6.07, 6.45) is 0. The summed E-state index contributed by atoms with van der Waals surface area (Å²) >= 11 is 0. The van der Waals surface area contributed by atoms with Gasteiger partial charge >= 0.3 is 0 Å². The van der Waals surface area contributed by atoms with Crippen LogP contribution >= 0.6 is 0 Å². The van der Waals surface area contributed by atoms with Gasteiger partial charge in [0.2, 0.25) is 5.95 Å². The molecular formula is C19H13F2N5O. The molecule has 3 rings (SSSR count). The lowest BCUT2D eigenvalue weighted by Gasteiger charge is -2.10. The summed E-state index contributed by atoms with van der Waals surface area (Å²) in [6, 6.07) is 13.3. The Morgan fingerprint density at radius 1 is 1.07 bits per heavy atom. The minimum absolute atomic E-state index is 0.0190. The van der Waals surface area contributed by atoms with Gasteiger partial charge in [0.1, 0.15) is 29.1 Å². The van der Waals surface area contributed by atoms with E-state index in [9.17, 15) is 13.6 Å². The van der Waals surface area contributed by atoms with E-state index in [2.05, 4.69) is 20.6 Å². The van der Waals surface area contributed by atoms with Crippen molar-refractivity contribution in [2.45, 2.75) is 6.92 Å². The number of nitriles is 1. The summed E-state index contributed by atoms with van der Waals surface area (Å²) in [4.78, 5) is 20.5. The highest BCUT2D eigenvalue weighted by Gasteiger charge is 2.15. The molecule has 1 heterocycles. The highest BCUT2D eigenvalue weighted by Crippen LogP contribution is 2.22. The maximum Gasteiger partial charge on any atom is 0.274 e. The molecule has 0 aliphatic rings. The van der Waals surface area contributed by atoms with Gasteiger partial charge in [-0.05, 0) is 37.3 Å². The molecule has 134 valence electrons. The van der Waals surface area contributed by atoms with Gasteiger partial charge < -0.3 is 10.6 Å². The predicted octanol–water partition coefficient (Wildman–Crippen LogP) is 3.93. The third kappa shape index (κ3) is 4.04. The Kier molecular flexibility index (Phi) is 5.04. The van der Waals surface area contributed by atoms with Crippen molar-refractivity contribution in [2.24, 2.45) is 0 Å². The highest BCUT2D eigenvalue weighted by molar-refractivity contribution is 6.03. The van der Waals surface area contributed by atoms with Crippen LogP contribution in [-0.4, -0.2) is 15.9 Å². The van der Waals surface area contributed by atoms with Crippen LogP contribution in [0.5, 0.6) is 0 Å². The molecule has 0 fully saturated rings. The second kappa shape index (κ2) is 7.58. The minimum atomic E-state index is -0.811. The Labute approximate surface area is 153 Å². The van der Waals surface area contributed by atoms with E-state index < -0.39 is 23.2 Å². The number of para-hydroxylation sites is 2. The average molecular weight is 365 g/mol. The molecule has 1 aromatic heterocycles. The van der Waals surface area contributed by atoms with Gasteiger partial charge in [0.05, 0.1) is 11.3 Å². The maximum atomic E-state index is 13.8. The zero-order chi connectivity index (χ0) is 19.4. The fourth-order valence-corrected chi connectivity index (χ4v) is 2.35. The number of aromatic nitrogens is 2. The number of nitrogens with one attached hydrogen (secondary N) is 2. The van der Waals surface area contributed by atoms with Gasteiger partial charge in [0.25, 0.3) is 5.91 Å². The number of benzene rings is 2. The van der Waals surface area contributed by atoms with Crippen LogP contribution in [0, 0.1) is 29.9 Å². The zero-order valence-electron chi connectivity index (χ0n) is 14.1. The minimum Gasteiger partial charge on any atom is -0.319 e. The Morgan fingerprint density at radius 3 is 2.48 bits per heavy atom. The van der Waals surface area contributed by atoms with Gasteiger partial charge in [0, 0.05) is 5.69 Å². The van der Waals surface area contributed by atoms with Gasteiger partial charge in [-0.3, -0.25) is 4.79 Å². The Balaban J connectivity index is 1.89. The van der Waals surface area contributed by atoms with Gasteiger partial charge in [-0.2, -0.15) is 5.26 Å². The van der Waals surface area contributed by atoms with E-state index in [1.165, 1.54) is 12.1 Å². The Bertz CT molecular complexity index is 1040. The standard InChI is InChI=1S/C19H13F2N5O/c1-11-9-16(18(27)24-15-8-3-2-5-12(15)10-22)25-19(23-11)26-17-13(20)6-4-7-14(17)21/h2-9H,1H3,(H,24,27)(H,23,25,26). The van der Waals surface area contributed by atoms with Crippen LogP contribution in [0.2, 0.25) is 0 Å². The number of halogens is 2. The first kappa shape index (κ1) is 17.9. The molecule has 2 aromatic carbocycles. The van der Waals surface area contributed by atoms with Crippen LogP contribution < -0.4 is 10.6 Å². The van der Waals surface area contributed by atoms with Crippen LogP contribution in [-0.2, 0) is 0 Å². The van der Waals surface area contributed by atoms with Crippen LogP contribution in [0.15, 0.2) is 48.5 Å². The van der Waals surface area contributed by atoms with Gasteiger partial charge in [-0.1, -0.05) is 18.2 Å². The second-order valence-electron chi connectivity index (χ2n) is 5.55. The fraction of sp³-hybridized carbons (Fsp3) is 0.0526. The van der Waals surface area contributed by atoms with E-state index in [0.29, 0.717) is 16.9 Å². The van der Waals surface area contributed by atoms with E-state index in [0.717, 1.165) is 12.1 Å². The molecular weight excluding hydrogens is 352 g/mol. The molecule has 2 N–H and O–H groups in total. The average Bonchev–Trinajstić information content (AvgIpc) is 2.65. The van der Waals surface area contributed by atoms with Crippen molar-refractivity contribution in [1.29, 1.82) is 5.26 Å². The van der Waals surface area contributed by atoms with Gasteiger partial charge in [0.15, 0.2) is 0 Å². The predicted molar refractivity (Wildman–Crippen MR) is 95.5 cm³/mol. The number of hydrogen-bond acceptors (Lipinski definition) is 5. The molecule has 27 heavy (non-hydrogen) atoms. The molecule has 0 spiro atoms. The lowest BCUT2D eigenvalue weighted by molar-refractivity contribution is 0.102. The van der Waals surface area contributed by atoms with Crippen LogP contribution in [0.1, 0.15) is 21.7 Å². The summed E-state index contributed by atoms with van der Waals surface area (Å²) in [7, 11) is 0. The smallest absolute Gasteiger partial charge is 0.274 e. The zero-order valence-corrected chi connectivity index (χ0v) is 14.1. The lowest BCUT2D eigenvalue weighted by atomic mass is 10.2. The number of nitrogens with zero attached hydrogens (tertiary/aromatic N) is 3. The molecule has 0 radical (unpaired) electrons. The summed E-state index contributed by atoms with van der Waals surface area (Å²) in [5.74, 6) is -2.33. The highest BCUT2D eigenvalue weighted by atomic mass is 19.1. The van der Waals surface area contributed by atoms with Crippen molar-refractivity contribution in [3.63, 3.8) is 0 Å². The molecule has 0 saturated carbocycles. The topological polar surface area (TPSA) is 90.7 Å². The number of carbonyl (C=O) groups is 1.